The minimum absolute atomic E-state index is 0.0588. The van der Waals surface area contributed by atoms with Crippen molar-refractivity contribution in [3.63, 3.8) is 0 Å². The maximum atomic E-state index is 12.4. The molecule has 4 rings (SSSR count). The van der Waals surface area contributed by atoms with Crippen LogP contribution in [0.1, 0.15) is 15.9 Å². The van der Waals surface area contributed by atoms with Crippen LogP contribution in [-0.2, 0) is 16.6 Å². The van der Waals surface area contributed by atoms with E-state index in [4.69, 9.17) is 0 Å². The molecule has 0 radical (unpaired) electrons. The van der Waals surface area contributed by atoms with E-state index < -0.39 is 10.0 Å². The predicted molar refractivity (Wildman–Crippen MR) is 114 cm³/mol. The summed E-state index contributed by atoms with van der Waals surface area (Å²) in [5.74, 6) is -0.289. The van der Waals surface area contributed by atoms with Gasteiger partial charge in [0, 0.05) is 36.1 Å². The molecule has 0 aliphatic heterocycles. The number of rotatable bonds is 7. The normalized spacial score (nSPS) is 11.2. The van der Waals surface area contributed by atoms with Crippen LogP contribution < -0.4 is 10.0 Å². The molecule has 2 aromatic heterocycles. The van der Waals surface area contributed by atoms with E-state index in [0.717, 1.165) is 11.3 Å². The van der Waals surface area contributed by atoms with Gasteiger partial charge in [0.25, 0.3) is 15.9 Å². The van der Waals surface area contributed by atoms with Crippen molar-refractivity contribution >= 4 is 32.4 Å². The van der Waals surface area contributed by atoms with Gasteiger partial charge in [0.2, 0.25) is 0 Å². The highest BCUT2D eigenvalue weighted by Gasteiger charge is 2.16. The highest BCUT2D eigenvalue weighted by molar-refractivity contribution is 7.93. The predicted octanol–water partition coefficient (Wildman–Crippen LogP) is 3.06. The third-order valence-corrected chi connectivity index (χ3v) is 6.41. The van der Waals surface area contributed by atoms with Crippen molar-refractivity contribution in [2.24, 2.45) is 0 Å². The van der Waals surface area contributed by atoms with Gasteiger partial charge in [-0.05, 0) is 48.0 Å². The molecule has 30 heavy (non-hydrogen) atoms. The van der Waals surface area contributed by atoms with Crippen molar-refractivity contribution in [3.05, 3.63) is 89.7 Å². The van der Waals surface area contributed by atoms with Gasteiger partial charge in [-0.25, -0.2) is 18.1 Å². The fraction of sp³-hybridized carbons (Fsp3) is 0.0500. The van der Waals surface area contributed by atoms with Crippen LogP contribution in [0.15, 0.2) is 83.5 Å². The van der Waals surface area contributed by atoms with Crippen molar-refractivity contribution in [1.82, 2.24) is 20.1 Å². The number of anilines is 1. The number of nitrogens with zero attached hydrogens (tertiary/aromatic N) is 3. The monoisotopic (exact) mass is 439 g/mol. The number of benzene rings is 2. The summed E-state index contributed by atoms with van der Waals surface area (Å²) in [5, 5.41) is 8.97. The van der Waals surface area contributed by atoms with Crippen LogP contribution in [0.2, 0.25) is 0 Å². The Labute approximate surface area is 177 Å². The first-order chi connectivity index (χ1) is 14.5. The summed E-state index contributed by atoms with van der Waals surface area (Å²) in [7, 11) is -3.74. The molecule has 0 aliphatic carbocycles. The van der Waals surface area contributed by atoms with Gasteiger partial charge in [0.15, 0.2) is 5.13 Å². The second kappa shape index (κ2) is 8.47. The Hall–Kier alpha value is -3.50. The zero-order valence-corrected chi connectivity index (χ0v) is 17.2. The van der Waals surface area contributed by atoms with Gasteiger partial charge in [0.1, 0.15) is 0 Å². The molecule has 8 nitrogen and oxygen atoms in total. The number of aromatic nitrogens is 3. The molecule has 0 saturated carbocycles. The Balaban J connectivity index is 1.37. The van der Waals surface area contributed by atoms with Gasteiger partial charge in [-0.15, -0.1) is 11.3 Å². The van der Waals surface area contributed by atoms with Crippen LogP contribution in [-0.4, -0.2) is 29.1 Å². The first-order valence-electron chi connectivity index (χ1n) is 8.91. The van der Waals surface area contributed by atoms with E-state index in [1.165, 1.54) is 41.8 Å². The summed E-state index contributed by atoms with van der Waals surface area (Å²) >= 11 is 1.19. The lowest BCUT2D eigenvalue weighted by Crippen LogP contribution is -2.23. The average molecular weight is 440 g/mol. The number of thiazole rings is 1. The summed E-state index contributed by atoms with van der Waals surface area (Å²) in [5.41, 5.74) is 2.24. The Morgan fingerprint density at radius 3 is 2.43 bits per heavy atom. The smallest absolute Gasteiger partial charge is 0.263 e. The summed E-state index contributed by atoms with van der Waals surface area (Å²) in [6, 6.07) is 15.3. The number of carbonyl (C=O) groups is 1. The lowest BCUT2D eigenvalue weighted by molar-refractivity contribution is 0.0951. The van der Waals surface area contributed by atoms with E-state index >= 15 is 0 Å². The van der Waals surface area contributed by atoms with Crippen molar-refractivity contribution in [2.75, 3.05) is 4.72 Å². The minimum atomic E-state index is -3.74. The summed E-state index contributed by atoms with van der Waals surface area (Å²) in [4.78, 5) is 16.4. The molecule has 2 N–H and O–H groups in total. The molecule has 0 bridgehead atoms. The van der Waals surface area contributed by atoms with Gasteiger partial charge >= 0.3 is 0 Å². The van der Waals surface area contributed by atoms with Crippen LogP contribution in [0, 0.1) is 0 Å². The Morgan fingerprint density at radius 1 is 1.03 bits per heavy atom. The number of carbonyl (C=O) groups excluding carboxylic acids is 1. The van der Waals surface area contributed by atoms with Crippen LogP contribution in [0.4, 0.5) is 5.13 Å². The first-order valence-corrected chi connectivity index (χ1v) is 11.3. The largest absolute Gasteiger partial charge is 0.348 e. The molecule has 0 unspecified atom stereocenters. The number of hydrogen-bond donors (Lipinski definition) is 2. The molecule has 2 heterocycles. The molecule has 2 aromatic carbocycles. The molecule has 152 valence electrons. The fourth-order valence-corrected chi connectivity index (χ4v) is 4.49. The van der Waals surface area contributed by atoms with E-state index in [2.05, 4.69) is 20.1 Å². The van der Waals surface area contributed by atoms with Crippen molar-refractivity contribution in [1.29, 1.82) is 0 Å². The second-order valence-corrected chi connectivity index (χ2v) is 8.84. The highest BCUT2D eigenvalue weighted by Crippen LogP contribution is 2.18. The minimum Gasteiger partial charge on any atom is -0.348 e. The molecular weight excluding hydrogens is 422 g/mol. The molecule has 0 spiro atoms. The Bertz CT molecular complexity index is 1220. The third-order valence-electron chi connectivity index (χ3n) is 4.24. The Kier molecular flexibility index (Phi) is 5.59. The SMILES string of the molecule is O=C(NCc1ccc(-n2cccn2)cc1)c1ccc(S(=O)(=O)Nc2nccs2)cc1. The average Bonchev–Trinajstić information content (AvgIpc) is 3.47. The molecule has 1 amide bonds. The molecule has 4 aromatic rings. The van der Waals surface area contributed by atoms with Gasteiger partial charge in [-0.3, -0.25) is 9.52 Å². The fourth-order valence-electron chi connectivity index (χ4n) is 2.71. The summed E-state index contributed by atoms with van der Waals surface area (Å²) in [6.45, 7) is 0.351. The highest BCUT2D eigenvalue weighted by atomic mass is 32.2. The molecule has 0 aliphatic rings. The Morgan fingerprint density at radius 2 is 1.80 bits per heavy atom. The van der Waals surface area contributed by atoms with Crippen molar-refractivity contribution in [2.45, 2.75) is 11.4 Å². The number of sulfonamides is 1. The maximum absolute atomic E-state index is 12.4. The van der Waals surface area contributed by atoms with Gasteiger partial charge in [-0.2, -0.15) is 5.10 Å². The van der Waals surface area contributed by atoms with Crippen LogP contribution in [0.25, 0.3) is 5.69 Å². The van der Waals surface area contributed by atoms with Gasteiger partial charge in [0.05, 0.1) is 10.6 Å². The molecule has 0 atom stereocenters. The lowest BCUT2D eigenvalue weighted by Gasteiger charge is -2.08. The molecule has 0 fully saturated rings. The van der Waals surface area contributed by atoms with E-state index in [-0.39, 0.29) is 15.9 Å². The van der Waals surface area contributed by atoms with E-state index in [9.17, 15) is 13.2 Å². The van der Waals surface area contributed by atoms with E-state index in [0.29, 0.717) is 12.1 Å². The second-order valence-electron chi connectivity index (χ2n) is 6.27. The number of nitrogens with one attached hydrogen (secondary N) is 2. The van der Waals surface area contributed by atoms with Gasteiger partial charge in [-0.1, -0.05) is 12.1 Å². The van der Waals surface area contributed by atoms with E-state index in [1.807, 2.05) is 36.5 Å². The quantitative estimate of drug-likeness (QED) is 0.460. The third kappa shape index (κ3) is 4.56. The lowest BCUT2D eigenvalue weighted by atomic mass is 10.2. The van der Waals surface area contributed by atoms with Crippen LogP contribution in [0.5, 0.6) is 0 Å². The number of amides is 1. The zero-order valence-electron chi connectivity index (χ0n) is 15.6. The molecular formula is C20H17N5O3S2. The van der Waals surface area contributed by atoms with Crippen molar-refractivity contribution < 1.29 is 13.2 Å². The summed E-state index contributed by atoms with van der Waals surface area (Å²) in [6.07, 6.45) is 5.08. The molecule has 10 heteroatoms. The van der Waals surface area contributed by atoms with Gasteiger partial charge < -0.3 is 5.32 Å². The maximum Gasteiger partial charge on any atom is 0.263 e. The first kappa shape index (κ1) is 19.8. The standard InChI is InChI=1S/C20H17N5O3S2/c26-19(22-14-15-2-6-17(7-3-15)25-12-1-10-23-25)16-4-8-18(9-5-16)30(27,28)24-20-21-11-13-29-20/h1-13H,14H2,(H,21,24)(H,22,26). The van der Waals surface area contributed by atoms with Crippen LogP contribution >= 0.6 is 11.3 Å². The van der Waals surface area contributed by atoms with E-state index in [1.54, 1.807) is 16.3 Å². The number of hydrogen-bond acceptors (Lipinski definition) is 6. The van der Waals surface area contributed by atoms with Crippen molar-refractivity contribution in [3.8, 4) is 5.69 Å². The summed E-state index contributed by atoms with van der Waals surface area (Å²) < 4.78 is 28.9. The zero-order chi connectivity index (χ0) is 21.0. The van der Waals surface area contributed by atoms with Crippen LogP contribution in [0.3, 0.4) is 0 Å². The topological polar surface area (TPSA) is 106 Å². The molecule has 0 saturated heterocycles.